The van der Waals surface area contributed by atoms with Gasteiger partial charge in [0.2, 0.25) is 0 Å². The molecule has 1 aliphatic rings. The molecule has 0 radical (unpaired) electrons. The number of carbonyl (C=O) groups is 2. The van der Waals surface area contributed by atoms with Crippen molar-refractivity contribution in [2.45, 2.75) is 53.1 Å². The highest BCUT2D eigenvalue weighted by molar-refractivity contribution is 6.00. The van der Waals surface area contributed by atoms with Gasteiger partial charge in [-0.05, 0) is 65.3 Å². The third kappa shape index (κ3) is 5.35. The molecule has 2 heterocycles. The predicted octanol–water partition coefficient (Wildman–Crippen LogP) is 5.60. The second kappa shape index (κ2) is 10.1. The molecule has 0 aliphatic carbocycles. The number of fused-ring (bicyclic) bond motifs is 1. The molecule has 37 heavy (non-hydrogen) atoms. The van der Waals surface area contributed by atoms with Crippen LogP contribution >= 0.6 is 0 Å². The lowest BCUT2D eigenvalue weighted by Gasteiger charge is -2.32. The van der Waals surface area contributed by atoms with Crippen molar-refractivity contribution in [2.24, 2.45) is 0 Å². The molecule has 1 aromatic heterocycles. The van der Waals surface area contributed by atoms with Crippen molar-refractivity contribution in [2.75, 3.05) is 6.61 Å². The smallest absolute Gasteiger partial charge is 0.337 e. The lowest BCUT2D eigenvalue weighted by Crippen LogP contribution is -2.35. The highest BCUT2D eigenvalue weighted by Gasteiger charge is 2.39. The van der Waals surface area contributed by atoms with Gasteiger partial charge in [-0.15, -0.1) is 0 Å². The van der Waals surface area contributed by atoms with Crippen molar-refractivity contribution in [3.05, 3.63) is 92.9 Å². The molecule has 1 aliphatic heterocycles. The van der Waals surface area contributed by atoms with Gasteiger partial charge in [0, 0.05) is 23.0 Å². The van der Waals surface area contributed by atoms with E-state index in [1.54, 1.807) is 65.8 Å². The van der Waals surface area contributed by atoms with E-state index in [9.17, 15) is 14.4 Å². The van der Waals surface area contributed by atoms with E-state index >= 15 is 0 Å². The molecule has 7 heteroatoms. The molecular formula is C30H31NO6. The summed E-state index contributed by atoms with van der Waals surface area (Å²) in [5.74, 6) is -1.41. The van der Waals surface area contributed by atoms with E-state index in [0.29, 0.717) is 50.4 Å². The Balaban J connectivity index is 1.89. The Labute approximate surface area is 215 Å². The van der Waals surface area contributed by atoms with E-state index in [1.807, 2.05) is 24.3 Å². The predicted molar refractivity (Wildman–Crippen MR) is 142 cm³/mol. The van der Waals surface area contributed by atoms with Gasteiger partial charge in [0.25, 0.3) is 0 Å². The van der Waals surface area contributed by atoms with E-state index in [1.165, 1.54) is 6.07 Å². The van der Waals surface area contributed by atoms with E-state index in [-0.39, 0.29) is 12.0 Å². The number of para-hydroxylation sites is 1. The number of hydrogen-bond acceptors (Lipinski definition) is 7. The highest BCUT2D eigenvalue weighted by Crippen LogP contribution is 2.41. The molecule has 7 nitrogen and oxygen atoms in total. The number of nitrogens with one attached hydrogen (secondary N) is 1. The fourth-order valence-electron chi connectivity index (χ4n) is 4.53. The number of carbonyl (C=O) groups excluding carboxylic acids is 2. The van der Waals surface area contributed by atoms with E-state index in [4.69, 9.17) is 13.9 Å². The number of allylic oxidation sites excluding steroid dienone is 2. The van der Waals surface area contributed by atoms with Gasteiger partial charge in [-0.25, -0.2) is 9.59 Å². The van der Waals surface area contributed by atoms with Gasteiger partial charge in [0.15, 0.2) is 5.43 Å². The molecule has 1 unspecified atom stereocenters. The molecule has 0 saturated heterocycles. The minimum atomic E-state index is -0.748. The number of dihydropyridines is 1. The Hall–Kier alpha value is -4.13. The van der Waals surface area contributed by atoms with Crippen LogP contribution in [0.5, 0.6) is 0 Å². The summed E-state index contributed by atoms with van der Waals surface area (Å²) in [5.41, 5.74) is 2.72. The Bertz CT molecular complexity index is 1500. The molecule has 192 valence electrons. The van der Waals surface area contributed by atoms with E-state index < -0.39 is 23.5 Å². The zero-order valence-electron chi connectivity index (χ0n) is 21.9. The van der Waals surface area contributed by atoms with Crippen LogP contribution in [0.15, 0.2) is 86.3 Å². The summed E-state index contributed by atoms with van der Waals surface area (Å²) in [5, 5.41) is 3.65. The standard InChI is InChI=1S/C30H31NO6/c1-7-35-28(33)25-17(2)31-18(3)26(29(34)37-30(4,5)6)27(25)20-12-10-11-19(15-20)24-16-22(32)21-13-8-9-14-23(21)36-24/h8-16,27,31H,7H2,1-6H3. The first-order chi connectivity index (χ1) is 17.5. The zero-order chi connectivity index (χ0) is 26.9. The molecule has 0 bridgehead atoms. The summed E-state index contributed by atoms with van der Waals surface area (Å²) in [6.45, 7) is 10.9. The SMILES string of the molecule is CCOC(=O)C1=C(C)NC(C)=C(C(=O)OC(C)(C)C)C1c1cccc(-c2cc(=O)c3ccccc3o2)c1. The van der Waals surface area contributed by atoms with Gasteiger partial charge in [0.1, 0.15) is 16.9 Å². The first-order valence-electron chi connectivity index (χ1n) is 12.2. The summed E-state index contributed by atoms with van der Waals surface area (Å²) in [6, 6.07) is 15.8. The van der Waals surface area contributed by atoms with Crippen LogP contribution in [0, 0.1) is 0 Å². The maximum absolute atomic E-state index is 13.4. The summed E-state index contributed by atoms with van der Waals surface area (Å²) >= 11 is 0. The van der Waals surface area contributed by atoms with Crippen LogP contribution in [0.3, 0.4) is 0 Å². The van der Waals surface area contributed by atoms with Crippen LogP contribution < -0.4 is 10.7 Å². The summed E-state index contributed by atoms with van der Waals surface area (Å²) in [7, 11) is 0. The number of ether oxygens (including phenoxy) is 2. The lowest BCUT2D eigenvalue weighted by molar-refractivity contribution is -0.150. The number of rotatable bonds is 5. The Morgan fingerprint density at radius 2 is 1.62 bits per heavy atom. The fraction of sp³-hybridized carbons (Fsp3) is 0.300. The van der Waals surface area contributed by atoms with E-state index in [2.05, 4.69) is 5.32 Å². The molecule has 1 N–H and O–H groups in total. The molecule has 0 fully saturated rings. The van der Waals surface area contributed by atoms with Crippen molar-refractivity contribution in [3.8, 4) is 11.3 Å². The van der Waals surface area contributed by atoms with Gasteiger partial charge in [-0.1, -0.05) is 30.3 Å². The average molecular weight is 502 g/mol. The van der Waals surface area contributed by atoms with Crippen molar-refractivity contribution in [1.29, 1.82) is 0 Å². The highest BCUT2D eigenvalue weighted by atomic mass is 16.6. The Morgan fingerprint density at radius 3 is 2.30 bits per heavy atom. The topological polar surface area (TPSA) is 94.8 Å². The van der Waals surface area contributed by atoms with Crippen LogP contribution in [0.4, 0.5) is 0 Å². The molecular weight excluding hydrogens is 470 g/mol. The maximum atomic E-state index is 13.4. The van der Waals surface area contributed by atoms with Gasteiger partial charge < -0.3 is 19.2 Å². The molecule has 2 aromatic carbocycles. The average Bonchev–Trinajstić information content (AvgIpc) is 2.82. The molecule has 4 rings (SSSR count). The lowest BCUT2D eigenvalue weighted by atomic mass is 9.80. The third-order valence-electron chi connectivity index (χ3n) is 6.01. The molecule has 0 spiro atoms. The number of hydrogen-bond donors (Lipinski definition) is 1. The summed E-state index contributed by atoms with van der Waals surface area (Å²) in [6.07, 6.45) is 0. The number of esters is 2. The van der Waals surface area contributed by atoms with Crippen LogP contribution in [-0.4, -0.2) is 24.1 Å². The Kier molecular flexibility index (Phi) is 7.07. The molecule has 1 atom stereocenters. The summed E-state index contributed by atoms with van der Waals surface area (Å²) < 4.78 is 17.2. The van der Waals surface area contributed by atoms with Crippen molar-refractivity contribution < 1.29 is 23.5 Å². The summed E-state index contributed by atoms with van der Waals surface area (Å²) in [4.78, 5) is 39.3. The largest absolute Gasteiger partial charge is 0.463 e. The van der Waals surface area contributed by atoms with Crippen molar-refractivity contribution >= 4 is 22.9 Å². The molecule has 0 amide bonds. The van der Waals surface area contributed by atoms with Crippen molar-refractivity contribution in [1.82, 2.24) is 5.32 Å². The van der Waals surface area contributed by atoms with Gasteiger partial charge in [0.05, 0.1) is 29.1 Å². The molecule has 0 saturated carbocycles. The van der Waals surface area contributed by atoms with E-state index in [0.717, 1.165) is 0 Å². The van der Waals surface area contributed by atoms with Crippen LogP contribution in [0.2, 0.25) is 0 Å². The van der Waals surface area contributed by atoms with Crippen LogP contribution in [0.1, 0.15) is 53.0 Å². The zero-order valence-corrected chi connectivity index (χ0v) is 21.9. The maximum Gasteiger partial charge on any atom is 0.337 e. The Morgan fingerprint density at radius 1 is 0.946 bits per heavy atom. The monoisotopic (exact) mass is 501 g/mol. The fourth-order valence-corrected chi connectivity index (χ4v) is 4.53. The first kappa shape index (κ1) is 25.9. The van der Waals surface area contributed by atoms with Gasteiger partial charge in [-0.2, -0.15) is 0 Å². The third-order valence-corrected chi connectivity index (χ3v) is 6.01. The van der Waals surface area contributed by atoms with Gasteiger partial charge >= 0.3 is 11.9 Å². The second-order valence-corrected chi connectivity index (χ2v) is 9.95. The number of benzene rings is 2. The first-order valence-corrected chi connectivity index (χ1v) is 12.2. The second-order valence-electron chi connectivity index (χ2n) is 9.95. The van der Waals surface area contributed by atoms with Crippen LogP contribution in [-0.2, 0) is 19.1 Å². The minimum Gasteiger partial charge on any atom is -0.463 e. The van der Waals surface area contributed by atoms with Crippen LogP contribution in [0.25, 0.3) is 22.3 Å². The normalized spacial score (nSPS) is 16.0. The van der Waals surface area contributed by atoms with Gasteiger partial charge in [-0.3, -0.25) is 4.79 Å². The van der Waals surface area contributed by atoms with Crippen molar-refractivity contribution in [3.63, 3.8) is 0 Å². The molecule has 3 aromatic rings. The minimum absolute atomic E-state index is 0.155. The quantitative estimate of drug-likeness (QED) is 0.455.